The number of hydrogen-bond acceptors (Lipinski definition) is 5. The van der Waals surface area contributed by atoms with E-state index in [9.17, 15) is 22.4 Å². The van der Waals surface area contributed by atoms with Crippen LogP contribution in [-0.4, -0.2) is 33.6 Å². The molecule has 10 heteroatoms. The second-order valence-corrected chi connectivity index (χ2v) is 4.95. The molecule has 0 radical (unpaired) electrons. The van der Waals surface area contributed by atoms with E-state index in [1.54, 1.807) is 0 Å². The van der Waals surface area contributed by atoms with Crippen LogP contribution in [-0.2, 0) is 17.5 Å². The highest BCUT2D eigenvalue weighted by Crippen LogP contribution is 2.29. The highest BCUT2D eigenvalue weighted by atomic mass is 19.4. The van der Waals surface area contributed by atoms with Crippen molar-refractivity contribution in [1.82, 2.24) is 14.7 Å². The molecule has 0 saturated carbocycles. The van der Waals surface area contributed by atoms with Gasteiger partial charge in [-0.25, -0.2) is 4.39 Å². The molecule has 1 saturated heterocycles. The Labute approximate surface area is 120 Å². The minimum Gasteiger partial charge on any atom is -0.374 e. The number of hydrogen-bond donors (Lipinski definition) is 0. The summed E-state index contributed by atoms with van der Waals surface area (Å²) in [5, 5.41) is 3.18. The van der Waals surface area contributed by atoms with Gasteiger partial charge in [0.2, 0.25) is 5.82 Å². The van der Waals surface area contributed by atoms with E-state index in [0.717, 1.165) is 10.6 Å². The summed E-state index contributed by atoms with van der Waals surface area (Å²) in [6, 6.07) is 2.34. The van der Waals surface area contributed by atoms with Crippen molar-refractivity contribution in [2.24, 2.45) is 0 Å². The van der Waals surface area contributed by atoms with E-state index in [0.29, 0.717) is 0 Å². The van der Waals surface area contributed by atoms with Crippen LogP contribution in [0.25, 0.3) is 11.4 Å². The van der Waals surface area contributed by atoms with Gasteiger partial charge in [-0.1, -0.05) is 5.16 Å². The zero-order chi connectivity index (χ0) is 16.0. The molecule has 0 spiro atoms. The van der Waals surface area contributed by atoms with E-state index in [2.05, 4.69) is 14.7 Å². The van der Waals surface area contributed by atoms with Crippen LogP contribution in [0.2, 0.25) is 0 Å². The van der Waals surface area contributed by atoms with Crippen molar-refractivity contribution in [2.45, 2.75) is 18.4 Å². The maximum absolute atomic E-state index is 13.9. The normalized spacial score (nSPS) is 17.3. The topological polar surface area (TPSA) is 70.2 Å². The van der Waals surface area contributed by atoms with Gasteiger partial charge in [0.25, 0.3) is 5.56 Å². The molecule has 0 N–H and O–H groups in total. The monoisotopic (exact) mass is 319 g/mol. The summed E-state index contributed by atoms with van der Waals surface area (Å²) in [7, 11) is 0. The fourth-order valence-corrected chi connectivity index (χ4v) is 1.95. The van der Waals surface area contributed by atoms with Crippen molar-refractivity contribution in [1.29, 1.82) is 0 Å². The molecule has 0 atom stereocenters. The number of aromatic nitrogens is 3. The molecule has 3 rings (SSSR count). The number of halogens is 4. The standard InChI is InChI=1S/C12H9F4N3O3/c13-11(5-21-6-11)4-19-2-1-7(3-8(19)20)9-17-10(22-18-9)12(14,15)16/h1-3H,4-6H2. The molecule has 0 bridgehead atoms. The third-order valence-corrected chi connectivity index (χ3v) is 3.10. The van der Waals surface area contributed by atoms with Crippen LogP contribution < -0.4 is 5.56 Å². The summed E-state index contributed by atoms with van der Waals surface area (Å²) in [6.45, 7) is -0.381. The molecule has 22 heavy (non-hydrogen) atoms. The van der Waals surface area contributed by atoms with Gasteiger partial charge in [-0.15, -0.1) is 0 Å². The molecule has 6 nitrogen and oxygen atoms in total. The molecule has 3 heterocycles. The highest BCUT2D eigenvalue weighted by molar-refractivity contribution is 5.52. The van der Waals surface area contributed by atoms with E-state index in [1.807, 2.05) is 0 Å². The van der Waals surface area contributed by atoms with Gasteiger partial charge in [0.1, 0.15) is 0 Å². The van der Waals surface area contributed by atoms with Crippen LogP contribution >= 0.6 is 0 Å². The Morgan fingerprint density at radius 3 is 2.59 bits per heavy atom. The first-order valence-corrected chi connectivity index (χ1v) is 6.15. The fourth-order valence-electron chi connectivity index (χ4n) is 1.95. The van der Waals surface area contributed by atoms with Gasteiger partial charge in [0, 0.05) is 17.8 Å². The first-order valence-electron chi connectivity index (χ1n) is 6.15. The fraction of sp³-hybridized carbons (Fsp3) is 0.417. The quantitative estimate of drug-likeness (QED) is 0.805. The first-order chi connectivity index (χ1) is 10.3. The number of nitrogens with zero attached hydrogens (tertiary/aromatic N) is 3. The van der Waals surface area contributed by atoms with Gasteiger partial charge in [-0.3, -0.25) is 4.79 Å². The lowest BCUT2D eigenvalue weighted by molar-refractivity contribution is -0.159. The molecule has 2 aromatic rings. The van der Waals surface area contributed by atoms with Gasteiger partial charge >= 0.3 is 12.1 Å². The molecule has 1 fully saturated rings. The SMILES string of the molecule is O=c1cc(-c2noc(C(F)(F)F)n2)ccn1CC1(F)COC1. The summed E-state index contributed by atoms with van der Waals surface area (Å²) in [4.78, 5) is 15.1. The average Bonchev–Trinajstić information content (AvgIpc) is 2.89. The minimum atomic E-state index is -4.76. The molecule has 0 unspecified atom stereocenters. The van der Waals surface area contributed by atoms with Gasteiger partial charge in [0.05, 0.1) is 19.8 Å². The van der Waals surface area contributed by atoms with Gasteiger partial charge in [-0.2, -0.15) is 18.2 Å². The zero-order valence-corrected chi connectivity index (χ0v) is 10.9. The minimum absolute atomic E-state index is 0.0540. The molecule has 0 amide bonds. The predicted octanol–water partition coefficient (Wildman–Crippen LogP) is 1.66. The Kier molecular flexibility index (Phi) is 3.28. The molecular weight excluding hydrogens is 310 g/mol. The summed E-state index contributed by atoms with van der Waals surface area (Å²) >= 11 is 0. The Bertz CT molecular complexity index is 749. The Hall–Kier alpha value is -2.23. The van der Waals surface area contributed by atoms with Crippen LogP contribution in [0.1, 0.15) is 5.89 Å². The smallest absolute Gasteiger partial charge is 0.374 e. The number of alkyl halides is 4. The molecular formula is C12H9F4N3O3. The first kappa shape index (κ1) is 14.7. The van der Waals surface area contributed by atoms with Crippen LogP contribution in [0.4, 0.5) is 17.6 Å². The van der Waals surface area contributed by atoms with E-state index in [4.69, 9.17) is 4.74 Å². The lowest BCUT2D eigenvalue weighted by Crippen LogP contribution is -2.50. The van der Waals surface area contributed by atoms with Crippen LogP contribution in [0.3, 0.4) is 0 Å². The molecule has 118 valence electrons. The summed E-state index contributed by atoms with van der Waals surface area (Å²) in [6.07, 6.45) is -3.49. The predicted molar refractivity (Wildman–Crippen MR) is 63.7 cm³/mol. The van der Waals surface area contributed by atoms with Crippen molar-refractivity contribution < 1.29 is 26.8 Å². The lowest BCUT2D eigenvalue weighted by Gasteiger charge is -2.33. The molecule has 0 aromatic carbocycles. The number of pyridine rings is 1. The van der Waals surface area contributed by atoms with Crippen molar-refractivity contribution >= 4 is 0 Å². The number of rotatable bonds is 3. The molecule has 1 aliphatic rings. The van der Waals surface area contributed by atoms with Gasteiger partial charge < -0.3 is 13.8 Å². The van der Waals surface area contributed by atoms with E-state index >= 15 is 0 Å². The Morgan fingerprint density at radius 2 is 2.09 bits per heavy atom. The van der Waals surface area contributed by atoms with E-state index < -0.39 is 23.3 Å². The van der Waals surface area contributed by atoms with Crippen molar-refractivity contribution in [3.63, 3.8) is 0 Å². The summed E-state index contributed by atoms with van der Waals surface area (Å²) < 4.78 is 61.0. The molecule has 2 aromatic heterocycles. The number of ether oxygens (including phenoxy) is 1. The second kappa shape index (κ2) is 4.90. The molecule has 0 aliphatic carbocycles. The Balaban J connectivity index is 1.85. The third kappa shape index (κ3) is 2.73. The van der Waals surface area contributed by atoms with Crippen molar-refractivity contribution in [3.05, 3.63) is 34.6 Å². The average molecular weight is 319 g/mol. The van der Waals surface area contributed by atoms with Crippen molar-refractivity contribution in [2.75, 3.05) is 13.2 Å². The maximum Gasteiger partial charge on any atom is 0.471 e. The van der Waals surface area contributed by atoms with Crippen molar-refractivity contribution in [3.8, 4) is 11.4 Å². The zero-order valence-electron chi connectivity index (χ0n) is 10.9. The van der Waals surface area contributed by atoms with Crippen LogP contribution in [0.5, 0.6) is 0 Å². The maximum atomic E-state index is 13.9. The van der Waals surface area contributed by atoms with E-state index in [1.165, 1.54) is 12.3 Å². The van der Waals surface area contributed by atoms with Crippen LogP contribution in [0, 0.1) is 0 Å². The second-order valence-electron chi connectivity index (χ2n) is 4.95. The largest absolute Gasteiger partial charge is 0.471 e. The summed E-state index contributed by atoms with van der Waals surface area (Å²) in [5.41, 5.74) is -2.13. The highest BCUT2D eigenvalue weighted by Gasteiger charge is 2.40. The van der Waals surface area contributed by atoms with E-state index in [-0.39, 0.29) is 31.1 Å². The van der Waals surface area contributed by atoms with Gasteiger partial charge in [-0.05, 0) is 6.07 Å². The van der Waals surface area contributed by atoms with Gasteiger partial charge in [0.15, 0.2) is 5.67 Å². The Morgan fingerprint density at radius 1 is 1.36 bits per heavy atom. The van der Waals surface area contributed by atoms with Crippen LogP contribution in [0.15, 0.2) is 27.6 Å². The third-order valence-electron chi connectivity index (χ3n) is 3.10. The molecule has 1 aliphatic heterocycles. The summed E-state index contributed by atoms with van der Waals surface area (Å²) in [5.74, 6) is -1.86. The lowest BCUT2D eigenvalue weighted by atomic mass is 10.1.